The summed E-state index contributed by atoms with van der Waals surface area (Å²) in [6.45, 7) is 12.6. The first kappa shape index (κ1) is 18.0. The topological polar surface area (TPSA) is 35.5 Å². The van der Waals surface area contributed by atoms with Crippen LogP contribution in [0.1, 0.15) is 44.7 Å². The molecule has 0 aliphatic heterocycles. The Labute approximate surface area is 130 Å². The first-order valence-corrected chi connectivity index (χ1v) is 8.24. The van der Waals surface area contributed by atoms with Gasteiger partial charge in [-0.25, -0.2) is 0 Å². The molecule has 1 aromatic rings. The fraction of sp³-hybridized carbons (Fsp3) is 0.667. The van der Waals surface area contributed by atoms with Crippen molar-refractivity contribution in [2.45, 2.75) is 47.1 Å². The number of nitrogens with zero attached hydrogens (tertiary/aromatic N) is 1. The van der Waals surface area contributed by atoms with Crippen LogP contribution in [0.15, 0.2) is 18.2 Å². The number of anilines is 1. The van der Waals surface area contributed by atoms with E-state index < -0.39 is 0 Å². The number of aliphatic hydroxyl groups excluding tert-OH is 1. The third-order valence-corrected chi connectivity index (χ3v) is 3.60. The number of unbranched alkanes of at least 4 members (excludes halogenated alkanes) is 1. The molecule has 120 valence electrons. The molecule has 0 aliphatic rings. The van der Waals surface area contributed by atoms with Crippen molar-refractivity contribution in [3.05, 3.63) is 29.3 Å². The third kappa shape index (κ3) is 6.49. The number of rotatable bonds is 10. The predicted molar refractivity (Wildman–Crippen MR) is 91.9 cm³/mol. The maximum Gasteiger partial charge on any atom is 0.0606 e. The van der Waals surface area contributed by atoms with Crippen LogP contribution >= 0.6 is 0 Å². The van der Waals surface area contributed by atoms with Gasteiger partial charge < -0.3 is 15.3 Å². The maximum atomic E-state index is 9.33. The van der Waals surface area contributed by atoms with Gasteiger partial charge in [0.15, 0.2) is 0 Å². The van der Waals surface area contributed by atoms with Crippen LogP contribution < -0.4 is 10.2 Å². The molecule has 0 amide bonds. The summed E-state index contributed by atoms with van der Waals surface area (Å²) in [7, 11) is 0. The normalized spacial score (nSPS) is 11.1. The van der Waals surface area contributed by atoms with E-state index in [0.717, 1.165) is 26.1 Å². The van der Waals surface area contributed by atoms with Gasteiger partial charge >= 0.3 is 0 Å². The molecule has 0 atom stereocenters. The molecule has 3 heteroatoms. The van der Waals surface area contributed by atoms with Crippen LogP contribution in [-0.4, -0.2) is 31.3 Å². The number of hydrogen-bond acceptors (Lipinski definition) is 3. The van der Waals surface area contributed by atoms with E-state index in [1.165, 1.54) is 23.2 Å². The van der Waals surface area contributed by atoms with Crippen LogP contribution in [0.3, 0.4) is 0 Å². The highest BCUT2D eigenvalue weighted by Gasteiger charge is 2.11. The zero-order valence-electron chi connectivity index (χ0n) is 14.2. The number of benzene rings is 1. The molecular formula is C18H32N2O. The number of hydrogen-bond donors (Lipinski definition) is 2. The van der Waals surface area contributed by atoms with Crippen LogP contribution in [-0.2, 0) is 6.54 Å². The van der Waals surface area contributed by atoms with Gasteiger partial charge in [0.2, 0.25) is 0 Å². The summed E-state index contributed by atoms with van der Waals surface area (Å²) < 4.78 is 0. The van der Waals surface area contributed by atoms with Gasteiger partial charge in [0.1, 0.15) is 0 Å². The highest BCUT2D eigenvalue weighted by atomic mass is 16.3. The molecule has 1 aromatic carbocycles. The van der Waals surface area contributed by atoms with Gasteiger partial charge in [-0.1, -0.05) is 44.9 Å². The number of aliphatic hydroxyl groups is 1. The van der Waals surface area contributed by atoms with Crippen molar-refractivity contribution in [1.29, 1.82) is 0 Å². The Balaban J connectivity index is 2.85. The first-order valence-electron chi connectivity index (χ1n) is 8.24. The summed E-state index contributed by atoms with van der Waals surface area (Å²) in [5.74, 6) is 0.659. The smallest absolute Gasteiger partial charge is 0.0606 e. The second-order valence-electron chi connectivity index (χ2n) is 6.22. The zero-order valence-corrected chi connectivity index (χ0v) is 14.2. The lowest BCUT2D eigenvalue weighted by atomic mass is 10.1. The van der Waals surface area contributed by atoms with E-state index in [-0.39, 0.29) is 6.61 Å². The van der Waals surface area contributed by atoms with Gasteiger partial charge in [-0.05, 0) is 37.4 Å². The molecule has 0 aliphatic carbocycles. The maximum absolute atomic E-state index is 9.33. The molecule has 0 unspecified atom stereocenters. The standard InChI is InChI=1S/C18H32N2O/c1-5-6-9-20(10-11-21)18-8-7-16(4)12-17(18)14-19-13-15(2)3/h7-8,12,15,19,21H,5-6,9-11,13-14H2,1-4H3. The molecule has 2 N–H and O–H groups in total. The molecule has 0 saturated heterocycles. The Morgan fingerprint density at radius 1 is 1.24 bits per heavy atom. The van der Waals surface area contributed by atoms with Gasteiger partial charge in [-0.2, -0.15) is 0 Å². The second-order valence-corrected chi connectivity index (χ2v) is 6.22. The second kappa shape index (κ2) is 9.80. The monoisotopic (exact) mass is 292 g/mol. The van der Waals surface area contributed by atoms with Gasteiger partial charge in [0.25, 0.3) is 0 Å². The largest absolute Gasteiger partial charge is 0.395 e. The lowest BCUT2D eigenvalue weighted by Crippen LogP contribution is -2.30. The molecule has 0 fully saturated rings. The number of nitrogens with one attached hydrogen (secondary N) is 1. The van der Waals surface area contributed by atoms with E-state index in [4.69, 9.17) is 0 Å². The molecule has 0 bridgehead atoms. The fourth-order valence-corrected chi connectivity index (χ4v) is 2.48. The lowest BCUT2D eigenvalue weighted by molar-refractivity contribution is 0.301. The molecule has 0 aromatic heterocycles. The summed E-state index contributed by atoms with van der Waals surface area (Å²) in [5, 5.41) is 12.9. The Morgan fingerprint density at radius 3 is 2.62 bits per heavy atom. The van der Waals surface area contributed by atoms with Crippen LogP contribution in [0.2, 0.25) is 0 Å². The van der Waals surface area contributed by atoms with Gasteiger partial charge in [-0.15, -0.1) is 0 Å². The van der Waals surface area contributed by atoms with Crippen molar-refractivity contribution in [2.75, 3.05) is 31.1 Å². The van der Waals surface area contributed by atoms with Gasteiger partial charge in [0, 0.05) is 25.3 Å². The van der Waals surface area contributed by atoms with Crippen LogP contribution in [0.5, 0.6) is 0 Å². The van der Waals surface area contributed by atoms with Crippen molar-refractivity contribution in [3.8, 4) is 0 Å². The average molecular weight is 292 g/mol. The molecule has 3 nitrogen and oxygen atoms in total. The third-order valence-electron chi connectivity index (χ3n) is 3.60. The van der Waals surface area contributed by atoms with E-state index in [0.29, 0.717) is 12.5 Å². The molecule has 21 heavy (non-hydrogen) atoms. The quantitative estimate of drug-likeness (QED) is 0.694. The minimum atomic E-state index is 0.205. The molecule has 0 saturated carbocycles. The van der Waals surface area contributed by atoms with E-state index in [1.54, 1.807) is 0 Å². The van der Waals surface area contributed by atoms with Crippen molar-refractivity contribution in [1.82, 2.24) is 5.32 Å². The minimum Gasteiger partial charge on any atom is -0.395 e. The van der Waals surface area contributed by atoms with Gasteiger partial charge in [-0.3, -0.25) is 0 Å². The Kier molecular flexibility index (Phi) is 8.40. The van der Waals surface area contributed by atoms with Crippen molar-refractivity contribution in [3.63, 3.8) is 0 Å². The van der Waals surface area contributed by atoms with Crippen molar-refractivity contribution in [2.24, 2.45) is 5.92 Å². The SMILES string of the molecule is CCCCN(CCO)c1ccc(C)cc1CNCC(C)C. The summed E-state index contributed by atoms with van der Waals surface area (Å²) in [6.07, 6.45) is 2.33. The Morgan fingerprint density at radius 2 is 2.00 bits per heavy atom. The molecule has 0 spiro atoms. The zero-order chi connectivity index (χ0) is 15.7. The first-order chi connectivity index (χ1) is 10.1. The number of aryl methyl sites for hydroxylation is 1. The molecule has 0 radical (unpaired) electrons. The van der Waals surface area contributed by atoms with E-state index in [9.17, 15) is 5.11 Å². The summed E-state index contributed by atoms with van der Waals surface area (Å²) >= 11 is 0. The highest BCUT2D eigenvalue weighted by Crippen LogP contribution is 2.22. The predicted octanol–water partition coefficient (Wildman–Crippen LogP) is 3.34. The lowest BCUT2D eigenvalue weighted by Gasteiger charge is -2.27. The molecular weight excluding hydrogens is 260 g/mol. The Bertz CT molecular complexity index is 404. The van der Waals surface area contributed by atoms with E-state index in [1.807, 2.05) is 0 Å². The summed E-state index contributed by atoms with van der Waals surface area (Å²) in [5.41, 5.74) is 3.89. The van der Waals surface area contributed by atoms with Crippen LogP contribution in [0.4, 0.5) is 5.69 Å². The van der Waals surface area contributed by atoms with E-state index in [2.05, 4.69) is 56.1 Å². The molecule has 1 rings (SSSR count). The van der Waals surface area contributed by atoms with Crippen LogP contribution in [0.25, 0.3) is 0 Å². The Hall–Kier alpha value is -1.06. The van der Waals surface area contributed by atoms with Crippen LogP contribution in [0, 0.1) is 12.8 Å². The highest BCUT2D eigenvalue weighted by molar-refractivity contribution is 5.55. The van der Waals surface area contributed by atoms with Crippen molar-refractivity contribution >= 4 is 5.69 Å². The summed E-state index contributed by atoms with van der Waals surface area (Å²) in [6, 6.07) is 6.63. The minimum absolute atomic E-state index is 0.205. The average Bonchev–Trinajstić information content (AvgIpc) is 2.43. The van der Waals surface area contributed by atoms with Gasteiger partial charge in [0.05, 0.1) is 6.61 Å². The van der Waals surface area contributed by atoms with E-state index >= 15 is 0 Å². The summed E-state index contributed by atoms with van der Waals surface area (Å²) in [4.78, 5) is 2.31. The molecule has 0 heterocycles. The van der Waals surface area contributed by atoms with Crippen molar-refractivity contribution < 1.29 is 5.11 Å². The fourth-order valence-electron chi connectivity index (χ4n) is 2.48.